The van der Waals surface area contributed by atoms with E-state index in [-0.39, 0.29) is 28.4 Å². The lowest BCUT2D eigenvalue weighted by Crippen LogP contribution is -2.31. The lowest BCUT2D eigenvalue weighted by atomic mass is 10.1. The Balaban J connectivity index is 1.98. The van der Waals surface area contributed by atoms with Crippen LogP contribution in [-0.4, -0.2) is 34.1 Å². The number of alkyl halides is 3. The Hall–Kier alpha value is -4.66. The molecule has 3 rings (SSSR count). The minimum atomic E-state index is -4.67. The first-order valence-electron chi connectivity index (χ1n) is 9.49. The molecule has 12 heteroatoms. The van der Waals surface area contributed by atoms with Crippen molar-refractivity contribution in [3.8, 4) is 23.3 Å². The Kier molecular flexibility index (Phi) is 6.67. The van der Waals surface area contributed by atoms with Crippen molar-refractivity contribution in [3.05, 3.63) is 80.8 Å². The van der Waals surface area contributed by atoms with Gasteiger partial charge in [-0.15, -0.1) is 0 Å². The molecule has 3 aromatic rings. The molecule has 0 radical (unpaired) electrons. The molecular weight excluding hydrogens is 455 g/mol. The van der Waals surface area contributed by atoms with Gasteiger partial charge in [0.1, 0.15) is 11.6 Å². The summed E-state index contributed by atoms with van der Waals surface area (Å²) in [5.74, 6) is -0.819. The van der Waals surface area contributed by atoms with E-state index in [9.17, 15) is 33.1 Å². The number of phenolic OH excluding ortho intramolecular Hbond substituents is 1. The van der Waals surface area contributed by atoms with Crippen molar-refractivity contribution in [2.75, 3.05) is 7.11 Å². The summed E-state index contributed by atoms with van der Waals surface area (Å²) in [6, 6.07) is 9.74. The SMILES string of the molecule is COc1cc(/C=N/NC(=O)c2nn(-c3cccc(C(F)(F)F)c3)c(=O)c(C#N)c2C)ccc1O. The average Bonchev–Trinajstić information content (AvgIpc) is 2.80. The molecule has 1 aromatic heterocycles. The Morgan fingerprint density at radius 3 is 2.68 bits per heavy atom. The van der Waals surface area contributed by atoms with Gasteiger partial charge in [-0.2, -0.15) is 33.3 Å². The molecule has 0 fully saturated rings. The third-order valence-corrected chi connectivity index (χ3v) is 4.66. The fraction of sp³-hybridized carbons (Fsp3) is 0.136. The van der Waals surface area contributed by atoms with Gasteiger partial charge in [0.2, 0.25) is 0 Å². The molecule has 9 nitrogen and oxygen atoms in total. The predicted molar refractivity (Wildman–Crippen MR) is 114 cm³/mol. The molecule has 0 spiro atoms. The number of halogens is 3. The molecule has 0 saturated carbocycles. The van der Waals surface area contributed by atoms with Gasteiger partial charge in [0.25, 0.3) is 11.5 Å². The number of phenols is 1. The first-order chi connectivity index (χ1) is 16.1. The zero-order valence-corrected chi connectivity index (χ0v) is 17.7. The summed E-state index contributed by atoms with van der Waals surface area (Å²) in [5, 5.41) is 26.7. The van der Waals surface area contributed by atoms with Crippen LogP contribution in [0, 0.1) is 18.3 Å². The number of methoxy groups -OCH3 is 1. The first kappa shape index (κ1) is 24.0. The maximum atomic E-state index is 13.1. The van der Waals surface area contributed by atoms with E-state index in [4.69, 9.17) is 4.74 Å². The van der Waals surface area contributed by atoms with E-state index >= 15 is 0 Å². The second-order valence-electron chi connectivity index (χ2n) is 6.86. The highest BCUT2D eigenvalue weighted by Gasteiger charge is 2.31. The third kappa shape index (κ3) is 4.88. The van der Waals surface area contributed by atoms with Crippen molar-refractivity contribution < 1.29 is 27.8 Å². The second kappa shape index (κ2) is 9.45. The van der Waals surface area contributed by atoms with E-state index in [2.05, 4.69) is 15.6 Å². The summed E-state index contributed by atoms with van der Waals surface area (Å²) in [7, 11) is 1.36. The lowest BCUT2D eigenvalue weighted by Gasteiger charge is -2.12. The van der Waals surface area contributed by atoms with Crippen molar-refractivity contribution in [1.82, 2.24) is 15.2 Å². The van der Waals surface area contributed by atoms with Crippen molar-refractivity contribution in [3.63, 3.8) is 0 Å². The van der Waals surface area contributed by atoms with Crippen molar-refractivity contribution in [1.29, 1.82) is 5.26 Å². The standard InChI is InChI=1S/C22H16F3N5O4/c1-12-16(10-26)21(33)30(15-5-3-4-14(9-15)22(23,24)25)29-19(12)20(32)28-27-11-13-6-7-17(31)18(8-13)34-2/h3-9,11,31H,1-2H3,(H,28,32)/b27-11+. The molecule has 0 aliphatic carbocycles. The highest BCUT2D eigenvalue weighted by atomic mass is 19.4. The number of nitriles is 1. The summed E-state index contributed by atoms with van der Waals surface area (Å²) in [6.07, 6.45) is -3.43. The van der Waals surface area contributed by atoms with Gasteiger partial charge in [-0.3, -0.25) is 9.59 Å². The molecule has 0 unspecified atom stereocenters. The second-order valence-corrected chi connectivity index (χ2v) is 6.86. The van der Waals surface area contributed by atoms with Crippen LogP contribution in [0.15, 0.2) is 52.4 Å². The number of aromatic hydroxyl groups is 1. The van der Waals surface area contributed by atoms with Crippen molar-refractivity contribution >= 4 is 12.1 Å². The highest BCUT2D eigenvalue weighted by molar-refractivity contribution is 5.94. The predicted octanol–water partition coefficient (Wildman–Crippen LogP) is 2.91. The Bertz CT molecular complexity index is 1390. The number of benzene rings is 2. The fourth-order valence-electron chi connectivity index (χ4n) is 2.93. The summed E-state index contributed by atoms with van der Waals surface area (Å²) >= 11 is 0. The van der Waals surface area contributed by atoms with E-state index in [1.807, 2.05) is 0 Å². The molecule has 0 bridgehead atoms. The number of carbonyl (C=O) groups excluding carboxylic acids is 1. The average molecular weight is 471 g/mol. The number of ether oxygens (including phenoxy) is 1. The number of hydrogen-bond donors (Lipinski definition) is 2. The number of hydrazone groups is 1. The van der Waals surface area contributed by atoms with E-state index in [0.717, 1.165) is 12.1 Å². The minimum Gasteiger partial charge on any atom is -0.504 e. The van der Waals surface area contributed by atoms with E-state index in [1.54, 1.807) is 6.07 Å². The summed E-state index contributed by atoms with van der Waals surface area (Å²) < 4.78 is 44.8. The number of aromatic nitrogens is 2. The normalized spacial score (nSPS) is 11.3. The van der Waals surface area contributed by atoms with Crippen molar-refractivity contribution in [2.45, 2.75) is 13.1 Å². The number of hydrogen-bond acceptors (Lipinski definition) is 7. The van der Waals surface area contributed by atoms with Gasteiger partial charge in [0.05, 0.1) is 24.6 Å². The van der Waals surface area contributed by atoms with Gasteiger partial charge in [-0.1, -0.05) is 6.07 Å². The molecule has 0 saturated heterocycles. The molecule has 1 heterocycles. The number of nitrogens with zero attached hydrogens (tertiary/aromatic N) is 4. The van der Waals surface area contributed by atoms with Gasteiger partial charge < -0.3 is 9.84 Å². The Labute approximate surface area is 190 Å². The van der Waals surface area contributed by atoms with Crippen LogP contribution in [0.4, 0.5) is 13.2 Å². The van der Waals surface area contributed by atoms with E-state index in [1.165, 1.54) is 44.5 Å². The monoisotopic (exact) mass is 471 g/mol. The third-order valence-electron chi connectivity index (χ3n) is 4.66. The van der Waals surface area contributed by atoms with Gasteiger partial charge in [0, 0.05) is 5.56 Å². The van der Waals surface area contributed by atoms with Crippen LogP contribution in [0.5, 0.6) is 11.5 Å². The smallest absolute Gasteiger partial charge is 0.416 e. The number of rotatable bonds is 5. The zero-order chi connectivity index (χ0) is 25.0. The zero-order valence-electron chi connectivity index (χ0n) is 17.7. The number of amides is 1. The van der Waals surface area contributed by atoms with Crippen LogP contribution in [0.2, 0.25) is 0 Å². The van der Waals surface area contributed by atoms with Gasteiger partial charge in [-0.05, 0) is 48.9 Å². The Morgan fingerprint density at radius 2 is 2.03 bits per heavy atom. The van der Waals surface area contributed by atoms with E-state index in [0.29, 0.717) is 16.3 Å². The van der Waals surface area contributed by atoms with Crippen LogP contribution in [0.25, 0.3) is 5.69 Å². The van der Waals surface area contributed by atoms with E-state index < -0.39 is 28.8 Å². The molecule has 2 aromatic carbocycles. The first-order valence-corrected chi connectivity index (χ1v) is 9.49. The highest BCUT2D eigenvalue weighted by Crippen LogP contribution is 2.30. The maximum Gasteiger partial charge on any atom is 0.416 e. The summed E-state index contributed by atoms with van der Waals surface area (Å²) in [4.78, 5) is 25.3. The largest absolute Gasteiger partial charge is 0.504 e. The molecule has 34 heavy (non-hydrogen) atoms. The quantitative estimate of drug-likeness (QED) is 0.435. The van der Waals surface area contributed by atoms with Gasteiger partial charge in [-0.25, -0.2) is 5.43 Å². The number of carbonyl (C=O) groups is 1. The maximum absolute atomic E-state index is 13.1. The minimum absolute atomic E-state index is 0.0604. The molecular formula is C22H16F3N5O4. The topological polar surface area (TPSA) is 130 Å². The summed E-state index contributed by atoms with van der Waals surface area (Å²) in [6.45, 7) is 1.31. The molecule has 174 valence electrons. The van der Waals surface area contributed by atoms with Crippen LogP contribution in [-0.2, 0) is 6.18 Å². The molecule has 0 aliphatic rings. The van der Waals surface area contributed by atoms with Crippen LogP contribution >= 0.6 is 0 Å². The molecule has 1 amide bonds. The van der Waals surface area contributed by atoms with Gasteiger partial charge in [0.15, 0.2) is 17.2 Å². The molecule has 0 aliphatic heterocycles. The molecule has 0 atom stereocenters. The Morgan fingerprint density at radius 1 is 1.29 bits per heavy atom. The van der Waals surface area contributed by atoms with Crippen LogP contribution in [0.3, 0.4) is 0 Å². The lowest BCUT2D eigenvalue weighted by molar-refractivity contribution is -0.137. The van der Waals surface area contributed by atoms with Gasteiger partial charge >= 0.3 is 6.18 Å². The van der Waals surface area contributed by atoms with Crippen LogP contribution < -0.4 is 15.7 Å². The molecule has 2 N–H and O–H groups in total. The fourth-order valence-corrected chi connectivity index (χ4v) is 2.93. The van der Waals surface area contributed by atoms with Crippen molar-refractivity contribution in [2.24, 2.45) is 5.10 Å². The summed E-state index contributed by atoms with van der Waals surface area (Å²) in [5.41, 5.74) is -0.525. The van der Waals surface area contributed by atoms with Crippen LogP contribution in [0.1, 0.15) is 32.7 Å². The number of nitrogens with one attached hydrogen (secondary N) is 1.